The SMILES string of the molecule is O=C(CSC(F)(F)F)NCc1nnc2ccccn12. The van der Waals surface area contributed by atoms with Crippen molar-refractivity contribution in [2.45, 2.75) is 12.1 Å². The molecule has 0 saturated carbocycles. The number of nitrogens with zero attached hydrogens (tertiary/aromatic N) is 3. The lowest BCUT2D eigenvalue weighted by Crippen LogP contribution is -2.26. The molecule has 0 fully saturated rings. The van der Waals surface area contributed by atoms with Crippen LogP contribution in [0.1, 0.15) is 5.82 Å². The normalized spacial score (nSPS) is 11.7. The number of alkyl halides is 3. The summed E-state index contributed by atoms with van der Waals surface area (Å²) in [4.78, 5) is 11.2. The van der Waals surface area contributed by atoms with Crippen molar-refractivity contribution in [3.8, 4) is 0 Å². The Hall–Kier alpha value is -1.77. The van der Waals surface area contributed by atoms with E-state index in [4.69, 9.17) is 0 Å². The molecule has 0 radical (unpaired) electrons. The van der Waals surface area contributed by atoms with Gasteiger partial charge in [0, 0.05) is 6.20 Å². The van der Waals surface area contributed by atoms with Gasteiger partial charge in [0.2, 0.25) is 5.91 Å². The molecule has 2 rings (SSSR count). The summed E-state index contributed by atoms with van der Waals surface area (Å²) in [6.07, 6.45) is 1.71. The number of hydrogen-bond acceptors (Lipinski definition) is 4. The molecule has 102 valence electrons. The van der Waals surface area contributed by atoms with E-state index < -0.39 is 17.2 Å². The quantitative estimate of drug-likeness (QED) is 0.929. The van der Waals surface area contributed by atoms with Crippen LogP contribution in [0.4, 0.5) is 13.2 Å². The van der Waals surface area contributed by atoms with E-state index in [0.717, 1.165) is 0 Å². The maximum absolute atomic E-state index is 11.9. The number of hydrogen-bond donors (Lipinski definition) is 1. The van der Waals surface area contributed by atoms with Gasteiger partial charge < -0.3 is 5.32 Å². The van der Waals surface area contributed by atoms with Gasteiger partial charge in [-0.1, -0.05) is 6.07 Å². The number of amides is 1. The smallest absolute Gasteiger partial charge is 0.348 e. The monoisotopic (exact) mass is 290 g/mol. The minimum Gasteiger partial charge on any atom is -0.348 e. The summed E-state index contributed by atoms with van der Waals surface area (Å²) in [6.45, 7) is 0.0302. The number of nitrogens with one attached hydrogen (secondary N) is 1. The molecule has 9 heteroatoms. The van der Waals surface area contributed by atoms with Gasteiger partial charge in [0.1, 0.15) is 0 Å². The number of pyridine rings is 1. The van der Waals surface area contributed by atoms with Crippen molar-refractivity contribution in [1.82, 2.24) is 19.9 Å². The van der Waals surface area contributed by atoms with E-state index in [1.165, 1.54) is 0 Å². The van der Waals surface area contributed by atoms with Crippen molar-refractivity contribution in [2.24, 2.45) is 0 Å². The number of aromatic nitrogens is 3. The van der Waals surface area contributed by atoms with Crippen molar-refractivity contribution in [2.75, 3.05) is 5.75 Å². The van der Waals surface area contributed by atoms with E-state index in [0.29, 0.717) is 11.5 Å². The van der Waals surface area contributed by atoms with Gasteiger partial charge in [0.15, 0.2) is 11.5 Å². The number of carbonyl (C=O) groups excluding carboxylic acids is 1. The molecule has 0 aliphatic heterocycles. The Morgan fingerprint density at radius 3 is 2.89 bits per heavy atom. The summed E-state index contributed by atoms with van der Waals surface area (Å²) >= 11 is -0.372. The van der Waals surface area contributed by atoms with Crippen molar-refractivity contribution in [1.29, 1.82) is 0 Å². The van der Waals surface area contributed by atoms with Crippen LogP contribution in [0.3, 0.4) is 0 Å². The summed E-state index contributed by atoms with van der Waals surface area (Å²) < 4.78 is 37.3. The molecule has 2 aromatic heterocycles. The standard InChI is InChI=1S/C10H9F3N4OS/c11-10(12,13)19-6-9(18)14-5-8-16-15-7-3-1-2-4-17(7)8/h1-4H,5-6H2,(H,14,18). The van der Waals surface area contributed by atoms with Crippen LogP contribution in [0, 0.1) is 0 Å². The number of thioether (sulfide) groups is 1. The molecular weight excluding hydrogens is 281 g/mol. The zero-order valence-corrected chi connectivity index (χ0v) is 10.3. The maximum atomic E-state index is 11.9. The molecule has 0 bridgehead atoms. The number of rotatable bonds is 4. The van der Waals surface area contributed by atoms with Gasteiger partial charge in [-0.15, -0.1) is 10.2 Å². The molecule has 1 amide bonds. The lowest BCUT2D eigenvalue weighted by molar-refractivity contribution is -0.119. The zero-order valence-electron chi connectivity index (χ0n) is 9.52. The van der Waals surface area contributed by atoms with E-state index in [-0.39, 0.29) is 18.3 Å². The Morgan fingerprint density at radius 1 is 1.37 bits per heavy atom. The Balaban J connectivity index is 1.90. The third-order valence-electron chi connectivity index (χ3n) is 2.19. The highest BCUT2D eigenvalue weighted by atomic mass is 32.2. The predicted molar refractivity (Wildman–Crippen MR) is 63.3 cm³/mol. The summed E-state index contributed by atoms with van der Waals surface area (Å²) in [5.41, 5.74) is -3.80. The lowest BCUT2D eigenvalue weighted by Gasteiger charge is -2.06. The molecule has 0 saturated heterocycles. The topological polar surface area (TPSA) is 59.3 Å². The fourth-order valence-corrected chi connectivity index (χ4v) is 1.78. The van der Waals surface area contributed by atoms with E-state index in [2.05, 4.69) is 15.5 Å². The lowest BCUT2D eigenvalue weighted by atomic mass is 10.4. The van der Waals surface area contributed by atoms with Gasteiger partial charge in [-0.3, -0.25) is 9.20 Å². The van der Waals surface area contributed by atoms with Crippen molar-refractivity contribution in [3.63, 3.8) is 0 Å². The van der Waals surface area contributed by atoms with Crippen LogP contribution in [-0.2, 0) is 11.3 Å². The highest BCUT2D eigenvalue weighted by Crippen LogP contribution is 2.29. The second-order valence-electron chi connectivity index (χ2n) is 3.56. The van der Waals surface area contributed by atoms with Crippen LogP contribution in [0.2, 0.25) is 0 Å². The van der Waals surface area contributed by atoms with Crippen LogP contribution in [0.25, 0.3) is 5.65 Å². The number of halogens is 3. The van der Waals surface area contributed by atoms with E-state index in [1.54, 1.807) is 28.8 Å². The Morgan fingerprint density at radius 2 is 2.16 bits per heavy atom. The Labute approximate surface area is 110 Å². The van der Waals surface area contributed by atoms with Gasteiger partial charge in [0.25, 0.3) is 0 Å². The molecule has 0 spiro atoms. The molecule has 1 N–H and O–H groups in total. The molecule has 2 aromatic rings. The van der Waals surface area contributed by atoms with Crippen LogP contribution >= 0.6 is 11.8 Å². The van der Waals surface area contributed by atoms with Gasteiger partial charge in [-0.05, 0) is 23.9 Å². The van der Waals surface area contributed by atoms with Crippen molar-refractivity contribution < 1.29 is 18.0 Å². The fourth-order valence-electron chi connectivity index (χ4n) is 1.39. The first kappa shape index (κ1) is 13.7. The van der Waals surface area contributed by atoms with Crippen molar-refractivity contribution in [3.05, 3.63) is 30.2 Å². The van der Waals surface area contributed by atoms with Gasteiger partial charge >= 0.3 is 5.51 Å². The van der Waals surface area contributed by atoms with Crippen LogP contribution in [0.15, 0.2) is 24.4 Å². The van der Waals surface area contributed by atoms with E-state index in [9.17, 15) is 18.0 Å². The Kier molecular flexibility index (Phi) is 3.93. The Bertz CT molecular complexity index is 583. The second-order valence-corrected chi connectivity index (χ2v) is 4.60. The molecule has 0 atom stereocenters. The minimum atomic E-state index is -4.40. The second kappa shape index (κ2) is 5.47. The third kappa shape index (κ3) is 3.85. The fraction of sp³-hybridized carbons (Fsp3) is 0.300. The average Bonchev–Trinajstić information content (AvgIpc) is 2.76. The predicted octanol–water partition coefficient (Wildman–Crippen LogP) is 1.60. The van der Waals surface area contributed by atoms with Crippen LogP contribution < -0.4 is 5.32 Å². The summed E-state index contributed by atoms with van der Waals surface area (Å²) in [5.74, 6) is -0.906. The summed E-state index contributed by atoms with van der Waals surface area (Å²) in [7, 11) is 0. The first-order valence-electron chi connectivity index (χ1n) is 5.22. The largest absolute Gasteiger partial charge is 0.442 e. The first-order valence-corrected chi connectivity index (χ1v) is 6.20. The van der Waals surface area contributed by atoms with Gasteiger partial charge in [0.05, 0.1) is 12.3 Å². The van der Waals surface area contributed by atoms with Gasteiger partial charge in [-0.25, -0.2) is 0 Å². The highest BCUT2D eigenvalue weighted by molar-refractivity contribution is 8.00. The molecule has 5 nitrogen and oxygen atoms in total. The summed E-state index contributed by atoms with van der Waals surface area (Å²) in [5, 5.41) is 10.1. The molecular formula is C10H9F3N4OS. The number of fused-ring (bicyclic) bond motifs is 1. The average molecular weight is 290 g/mol. The molecule has 0 aliphatic rings. The van der Waals surface area contributed by atoms with Crippen molar-refractivity contribution >= 4 is 23.3 Å². The number of carbonyl (C=O) groups is 1. The summed E-state index contributed by atoms with van der Waals surface area (Å²) in [6, 6.07) is 5.28. The van der Waals surface area contributed by atoms with E-state index >= 15 is 0 Å². The van der Waals surface area contributed by atoms with Gasteiger partial charge in [-0.2, -0.15) is 13.2 Å². The molecule has 2 heterocycles. The molecule has 0 aliphatic carbocycles. The minimum absolute atomic E-state index is 0.0302. The van der Waals surface area contributed by atoms with Crippen LogP contribution in [-0.4, -0.2) is 31.8 Å². The third-order valence-corrected chi connectivity index (χ3v) is 2.93. The molecule has 0 aromatic carbocycles. The highest BCUT2D eigenvalue weighted by Gasteiger charge is 2.29. The van der Waals surface area contributed by atoms with E-state index in [1.807, 2.05) is 0 Å². The van der Waals surface area contributed by atoms with Crippen LogP contribution in [0.5, 0.6) is 0 Å². The first-order chi connectivity index (χ1) is 8.96. The zero-order chi connectivity index (χ0) is 13.9. The molecule has 0 unspecified atom stereocenters. The maximum Gasteiger partial charge on any atom is 0.442 e. The molecule has 19 heavy (non-hydrogen) atoms.